The lowest BCUT2D eigenvalue weighted by Gasteiger charge is -2.10. The van der Waals surface area contributed by atoms with Crippen LogP contribution in [0.3, 0.4) is 0 Å². The monoisotopic (exact) mass is 386 g/mol. The van der Waals surface area contributed by atoms with E-state index >= 15 is 0 Å². The summed E-state index contributed by atoms with van der Waals surface area (Å²) in [4.78, 5) is 24.4. The Labute approximate surface area is 161 Å². The second-order valence-electron chi connectivity index (χ2n) is 6.03. The van der Waals surface area contributed by atoms with Gasteiger partial charge in [0, 0.05) is 19.5 Å². The minimum atomic E-state index is -0.0696. The number of amides is 1. The van der Waals surface area contributed by atoms with E-state index in [1.54, 1.807) is 18.2 Å². The highest BCUT2D eigenvalue weighted by molar-refractivity contribution is 7.13. The van der Waals surface area contributed by atoms with Crippen LogP contribution in [0.5, 0.6) is 11.5 Å². The first-order valence-electron chi connectivity index (χ1n) is 8.69. The van der Waals surface area contributed by atoms with Gasteiger partial charge in [0.2, 0.25) is 5.91 Å². The van der Waals surface area contributed by atoms with Gasteiger partial charge in [-0.1, -0.05) is 29.7 Å². The number of carbonyl (C=O) groups excluding carboxylic acids is 1. The van der Waals surface area contributed by atoms with Gasteiger partial charge in [0.25, 0.3) is 5.56 Å². The van der Waals surface area contributed by atoms with Gasteiger partial charge in [-0.2, -0.15) is 0 Å². The summed E-state index contributed by atoms with van der Waals surface area (Å²) in [6.07, 6.45) is 0.966. The number of aromatic nitrogens is 1. The quantitative estimate of drug-likeness (QED) is 0.646. The van der Waals surface area contributed by atoms with Crippen molar-refractivity contribution < 1.29 is 14.3 Å². The number of aryl methyl sites for hydroxylation is 1. The third-order valence-corrected chi connectivity index (χ3v) is 5.40. The molecule has 0 aliphatic rings. The van der Waals surface area contributed by atoms with Crippen LogP contribution >= 0.6 is 11.5 Å². The molecule has 0 bridgehead atoms. The predicted molar refractivity (Wildman–Crippen MR) is 107 cm³/mol. The van der Waals surface area contributed by atoms with Crippen LogP contribution in [0.2, 0.25) is 0 Å². The Kier molecular flexibility index (Phi) is 6.13. The van der Waals surface area contributed by atoms with Crippen LogP contribution < -0.4 is 20.3 Å². The fourth-order valence-corrected chi connectivity index (χ4v) is 3.83. The number of nitrogens with one attached hydrogen (secondary N) is 1. The molecule has 1 heterocycles. The molecule has 3 aromatic rings. The zero-order chi connectivity index (χ0) is 19.2. The highest BCUT2D eigenvalue weighted by Gasteiger charge is 2.09. The van der Waals surface area contributed by atoms with Crippen molar-refractivity contribution in [3.05, 3.63) is 58.4 Å². The first-order chi connectivity index (χ1) is 13.1. The Morgan fingerprint density at radius 2 is 1.89 bits per heavy atom. The van der Waals surface area contributed by atoms with Crippen LogP contribution in [-0.2, 0) is 17.8 Å². The predicted octanol–water partition coefficient (Wildman–Crippen LogP) is 2.83. The molecular formula is C20H22N2O4S. The average Bonchev–Trinajstić information content (AvgIpc) is 3.02. The third kappa shape index (κ3) is 4.49. The average molecular weight is 386 g/mol. The summed E-state index contributed by atoms with van der Waals surface area (Å²) in [7, 11) is 3.19. The number of carbonyl (C=O) groups is 1. The van der Waals surface area contributed by atoms with Crippen molar-refractivity contribution in [2.24, 2.45) is 0 Å². The molecule has 0 spiro atoms. The van der Waals surface area contributed by atoms with E-state index in [9.17, 15) is 9.59 Å². The van der Waals surface area contributed by atoms with Crippen LogP contribution in [0, 0.1) is 0 Å². The molecule has 27 heavy (non-hydrogen) atoms. The molecule has 0 fully saturated rings. The number of ether oxygens (including phenoxy) is 2. The van der Waals surface area contributed by atoms with E-state index in [0.29, 0.717) is 36.4 Å². The van der Waals surface area contributed by atoms with Crippen molar-refractivity contribution in [3.63, 3.8) is 0 Å². The van der Waals surface area contributed by atoms with Crippen LogP contribution in [-0.4, -0.2) is 30.6 Å². The van der Waals surface area contributed by atoms with Gasteiger partial charge in [0.1, 0.15) is 0 Å². The molecule has 0 aliphatic carbocycles. The highest BCUT2D eigenvalue weighted by Crippen LogP contribution is 2.27. The SMILES string of the molecule is COc1ccc(CCNC(=O)CCn2sc3ccccc3c2=O)cc1OC. The maximum absolute atomic E-state index is 12.3. The van der Waals surface area contributed by atoms with Gasteiger partial charge in [0.05, 0.1) is 24.3 Å². The van der Waals surface area contributed by atoms with Crippen molar-refractivity contribution in [2.75, 3.05) is 20.8 Å². The normalized spacial score (nSPS) is 10.7. The first kappa shape index (κ1) is 19.0. The first-order valence-corrected chi connectivity index (χ1v) is 9.46. The van der Waals surface area contributed by atoms with Crippen molar-refractivity contribution in [1.29, 1.82) is 0 Å². The molecule has 0 aliphatic heterocycles. The number of hydrogen-bond acceptors (Lipinski definition) is 5. The standard InChI is InChI=1S/C20H22N2O4S/c1-25-16-8-7-14(13-17(16)26-2)9-11-21-19(23)10-12-22-20(24)15-5-3-4-6-18(15)27-22/h3-8,13H,9-12H2,1-2H3,(H,21,23). The highest BCUT2D eigenvalue weighted by atomic mass is 32.1. The van der Waals surface area contributed by atoms with E-state index in [0.717, 1.165) is 10.3 Å². The molecule has 1 N–H and O–H groups in total. The summed E-state index contributed by atoms with van der Waals surface area (Å²) in [5.74, 6) is 1.28. The van der Waals surface area contributed by atoms with E-state index in [2.05, 4.69) is 5.32 Å². The van der Waals surface area contributed by atoms with Crippen molar-refractivity contribution >= 4 is 27.5 Å². The van der Waals surface area contributed by atoms with Crippen LogP contribution in [0.1, 0.15) is 12.0 Å². The van der Waals surface area contributed by atoms with Gasteiger partial charge in [-0.15, -0.1) is 0 Å². The largest absolute Gasteiger partial charge is 0.493 e. The summed E-state index contributed by atoms with van der Waals surface area (Å²) in [6.45, 7) is 0.913. The summed E-state index contributed by atoms with van der Waals surface area (Å²) in [6, 6.07) is 13.2. The number of rotatable bonds is 8. The maximum atomic E-state index is 12.3. The Balaban J connectivity index is 1.50. The third-order valence-electron chi connectivity index (χ3n) is 4.28. The number of nitrogens with zero attached hydrogens (tertiary/aromatic N) is 1. The number of hydrogen-bond donors (Lipinski definition) is 1. The van der Waals surface area contributed by atoms with Crippen LogP contribution in [0.25, 0.3) is 10.1 Å². The summed E-state index contributed by atoms with van der Waals surface area (Å²) < 4.78 is 13.1. The minimum absolute atomic E-state index is 0.0336. The van der Waals surface area contributed by atoms with Gasteiger partial charge in [0.15, 0.2) is 11.5 Å². The molecule has 0 unspecified atom stereocenters. The zero-order valence-electron chi connectivity index (χ0n) is 15.4. The zero-order valence-corrected chi connectivity index (χ0v) is 16.2. The Morgan fingerprint density at radius 3 is 2.63 bits per heavy atom. The maximum Gasteiger partial charge on any atom is 0.268 e. The van der Waals surface area contributed by atoms with Gasteiger partial charge in [-0.05, 0) is 36.2 Å². The van der Waals surface area contributed by atoms with Crippen LogP contribution in [0.15, 0.2) is 47.3 Å². The number of methoxy groups -OCH3 is 2. The number of benzene rings is 2. The molecule has 0 atom stereocenters. The van der Waals surface area contributed by atoms with E-state index in [1.165, 1.54) is 11.5 Å². The minimum Gasteiger partial charge on any atom is -0.493 e. The summed E-state index contributed by atoms with van der Waals surface area (Å²) in [5, 5.41) is 3.60. The van der Waals surface area contributed by atoms with E-state index < -0.39 is 0 Å². The van der Waals surface area contributed by atoms with Crippen molar-refractivity contribution in [2.45, 2.75) is 19.4 Å². The van der Waals surface area contributed by atoms with Gasteiger partial charge in [-0.3, -0.25) is 13.5 Å². The van der Waals surface area contributed by atoms with Crippen molar-refractivity contribution in [1.82, 2.24) is 9.27 Å². The Morgan fingerprint density at radius 1 is 1.11 bits per heavy atom. The molecule has 2 aromatic carbocycles. The second-order valence-corrected chi connectivity index (χ2v) is 7.10. The summed E-state index contributed by atoms with van der Waals surface area (Å²) in [5.41, 5.74) is 1.02. The topological polar surface area (TPSA) is 69.6 Å². The molecule has 1 aromatic heterocycles. The summed E-state index contributed by atoms with van der Waals surface area (Å²) >= 11 is 1.39. The molecule has 3 rings (SSSR count). The fraction of sp³-hybridized carbons (Fsp3) is 0.300. The Bertz CT molecular complexity index is 993. The molecule has 0 saturated carbocycles. The van der Waals surface area contributed by atoms with Gasteiger partial charge >= 0.3 is 0 Å². The van der Waals surface area contributed by atoms with E-state index in [4.69, 9.17) is 9.47 Å². The lowest BCUT2D eigenvalue weighted by molar-refractivity contribution is -0.121. The van der Waals surface area contributed by atoms with Gasteiger partial charge < -0.3 is 14.8 Å². The lowest BCUT2D eigenvalue weighted by Crippen LogP contribution is -2.27. The molecule has 0 radical (unpaired) electrons. The van der Waals surface area contributed by atoms with Crippen molar-refractivity contribution in [3.8, 4) is 11.5 Å². The van der Waals surface area contributed by atoms with Gasteiger partial charge in [-0.25, -0.2) is 0 Å². The van der Waals surface area contributed by atoms with Crippen LogP contribution in [0.4, 0.5) is 0 Å². The van der Waals surface area contributed by atoms with E-state index in [1.807, 2.05) is 42.5 Å². The number of fused-ring (bicyclic) bond motifs is 1. The Hall–Kier alpha value is -2.80. The molecule has 142 valence electrons. The smallest absolute Gasteiger partial charge is 0.268 e. The second kappa shape index (κ2) is 8.73. The van der Waals surface area contributed by atoms with E-state index in [-0.39, 0.29) is 17.9 Å². The molecule has 1 amide bonds. The fourth-order valence-electron chi connectivity index (χ4n) is 2.84. The lowest BCUT2D eigenvalue weighted by atomic mass is 10.1. The molecule has 0 saturated heterocycles. The molecular weight excluding hydrogens is 364 g/mol. The molecule has 7 heteroatoms. The molecule has 6 nitrogen and oxygen atoms in total.